The summed E-state index contributed by atoms with van der Waals surface area (Å²) in [5.74, 6) is 1.07. The summed E-state index contributed by atoms with van der Waals surface area (Å²) in [6.45, 7) is 4.88. The Kier molecular flexibility index (Phi) is 5.09. The summed E-state index contributed by atoms with van der Waals surface area (Å²) in [4.78, 5) is 36.1. The normalized spacial score (nSPS) is 25.4. The van der Waals surface area contributed by atoms with E-state index in [2.05, 4.69) is 27.5 Å². The molecule has 3 atom stereocenters. The van der Waals surface area contributed by atoms with E-state index in [0.29, 0.717) is 30.6 Å². The minimum atomic E-state index is -0.128. The van der Waals surface area contributed by atoms with Crippen LogP contribution >= 0.6 is 0 Å². The van der Waals surface area contributed by atoms with Crippen LogP contribution in [0.1, 0.15) is 48.7 Å². The number of fused-ring (bicyclic) bond motifs is 1. The fourth-order valence-electron chi connectivity index (χ4n) is 4.81. The third kappa shape index (κ3) is 3.76. The van der Waals surface area contributed by atoms with Crippen molar-refractivity contribution in [2.24, 2.45) is 11.8 Å². The van der Waals surface area contributed by atoms with Crippen LogP contribution in [0.4, 0.5) is 11.6 Å². The number of rotatable bonds is 5. The zero-order valence-electron chi connectivity index (χ0n) is 17.7. The molecule has 3 heterocycles. The predicted octanol–water partition coefficient (Wildman–Crippen LogP) is 2.54. The van der Waals surface area contributed by atoms with Crippen molar-refractivity contribution < 1.29 is 14.3 Å². The van der Waals surface area contributed by atoms with Gasteiger partial charge in [0.15, 0.2) is 0 Å². The zero-order chi connectivity index (χ0) is 21.5. The number of benzene rings is 1. The van der Waals surface area contributed by atoms with Gasteiger partial charge in [0.05, 0.1) is 25.3 Å². The third-order valence-corrected chi connectivity index (χ3v) is 6.51. The summed E-state index contributed by atoms with van der Waals surface area (Å²) < 4.78 is 5.16. The molecule has 2 aliphatic heterocycles. The van der Waals surface area contributed by atoms with Crippen LogP contribution in [0.25, 0.3) is 0 Å². The van der Waals surface area contributed by atoms with Gasteiger partial charge >= 0.3 is 0 Å². The first-order chi connectivity index (χ1) is 15.0. The molecule has 3 aliphatic rings. The summed E-state index contributed by atoms with van der Waals surface area (Å²) in [6.07, 6.45) is 5.67. The van der Waals surface area contributed by atoms with Gasteiger partial charge in [0.25, 0.3) is 5.91 Å². The maximum Gasteiger partial charge on any atom is 0.251 e. The summed E-state index contributed by atoms with van der Waals surface area (Å²) in [5, 5.41) is 6.47. The highest BCUT2D eigenvalue weighted by Crippen LogP contribution is 2.50. The molecule has 2 amide bonds. The fraction of sp³-hybridized carbons (Fsp3) is 0.478. The van der Waals surface area contributed by atoms with Crippen molar-refractivity contribution in [3.8, 4) is 0 Å². The van der Waals surface area contributed by atoms with E-state index < -0.39 is 0 Å². The number of aromatic nitrogens is 2. The molecule has 2 fully saturated rings. The lowest BCUT2D eigenvalue weighted by Gasteiger charge is -2.45. The Labute approximate surface area is 181 Å². The van der Waals surface area contributed by atoms with E-state index in [1.54, 1.807) is 31.5 Å². The molecule has 2 aromatic rings. The number of carbonyl (C=O) groups excluding carboxylic acids is 2. The first-order valence-electron chi connectivity index (χ1n) is 10.9. The van der Waals surface area contributed by atoms with Crippen molar-refractivity contribution in [2.45, 2.75) is 44.8 Å². The number of amides is 2. The largest absolute Gasteiger partial charge is 0.377 e. The van der Waals surface area contributed by atoms with Gasteiger partial charge in [-0.2, -0.15) is 0 Å². The molecule has 0 bridgehead atoms. The van der Waals surface area contributed by atoms with Gasteiger partial charge in [-0.3, -0.25) is 9.59 Å². The minimum Gasteiger partial charge on any atom is -0.377 e. The van der Waals surface area contributed by atoms with Crippen LogP contribution in [-0.4, -0.2) is 47.1 Å². The maximum atomic E-state index is 12.8. The van der Waals surface area contributed by atoms with Crippen molar-refractivity contribution in [1.82, 2.24) is 15.3 Å². The summed E-state index contributed by atoms with van der Waals surface area (Å²) in [5.41, 5.74) is 2.36. The Balaban J connectivity index is 1.55. The van der Waals surface area contributed by atoms with Crippen LogP contribution in [0, 0.1) is 11.8 Å². The monoisotopic (exact) mass is 421 g/mol. The molecular formula is C23H27N5O3. The lowest BCUT2D eigenvalue weighted by Crippen LogP contribution is -2.51. The van der Waals surface area contributed by atoms with Gasteiger partial charge in [-0.05, 0) is 48.6 Å². The number of carbonyl (C=O) groups is 2. The van der Waals surface area contributed by atoms with Crippen molar-refractivity contribution in [3.05, 3.63) is 47.8 Å². The van der Waals surface area contributed by atoms with E-state index in [-0.39, 0.29) is 35.9 Å². The van der Waals surface area contributed by atoms with Crippen molar-refractivity contribution in [2.75, 3.05) is 23.4 Å². The number of ether oxygens (including phenoxy) is 1. The molecule has 8 heteroatoms. The first kappa shape index (κ1) is 19.9. The second-order valence-electron chi connectivity index (χ2n) is 8.75. The number of anilines is 2. The molecule has 162 valence electrons. The molecule has 1 saturated carbocycles. The third-order valence-electron chi connectivity index (χ3n) is 6.51. The average molecular weight is 422 g/mol. The number of nitrogens with one attached hydrogen (secondary N) is 2. The minimum absolute atomic E-state index is 0.0308. The number of nitrogens with zero attached hydrogens (tertiary/aromatic N) is 3. The van der Waals surface area contributed by atoms with Crippen LogP contribution in [0.3, 0.4) is 0 Å². The van der Waals surface area contributed by atoms with E-state index in [0.717, 1.165) is 24.1 Å². The van der Waals surface area contributed by atoms with E-state index in [1.807, 2.05) is 17.0 Å². The molecule has 1 aromatic heterocycles. The Bertz CT molecular complexity index is 990. The average Bonchev–Trinajstić information content (AvgIpc) is 3.57. The van der Waals surface area contributed by atoms with Gasteiger partial charge in [0.1, 0.15) is 0 Å². The van der Waals surface area contributed by atoms with Gasteiger partial charge in [-0.1, -0.05) is 6.92 Å². The van der Waals surface area contributed by atoms with E-state index in [4.69, 9.17) is 4.74 Å². The highest BCUT2D eigenvalue weighted by atomic mass is 16.5. The van der Waals surface area contributed by atoms with E-state index in [1.165, 1.54) is 0 Å². The van der Waals surface area contributed by atoms with E-state index >= 15 is 0 Å². The molecule has 0 spiro atoms. The highest BCUT2D eigenvalue weighted by Gasteiger charge is 2.47. The molecule has 5 rings (SSSR count). The van der Waals surface area contributed by atoms with Crippen LogP contribution in [0.5, 0.6) is 0 Å². The smallest absolute Gasteiger partial charge is 0.251 e. The van der Waals surface area contributed by atoms with E-state index in [9.17, 15) is 9.59 Å². The Morgan fingerprint density at radius 2 is 1.90 bits per heavy atom. The first-order valence-corrected chi connectivity index (χ1v) is 10.9. The number of hydrogen-bond acceptors (Lipinski definition) is 6. The van der Waals surface area contributed by atoms with Crippen LogP contribution in [-0.2, 0) is 9.53 Å². The molecule has 2 N–H and O–H groups in total. The fourth-order valence-corrected chi connectivity index (χ4v) is 4.81. The van der Waals surface area contributed by atoms with Gasteiger partial charge in [0.2, 0.25) is 11.9 Å². The van der Waals surface area contributed by atoms with Gasteiger partial charge in [-0.25, -0.2) is 9.97 Å². The van der Waals surface area contributed by atoms with Crippen molar-refractivity contribution >= 4 is 23.5 Å². The SMILES string of the molecule is CC(=O)N1c2ccc(C(=O)NC3COC3)cc2[C@H](Nc2ncccn2)[C@@H](C)[C@@H]1C1CC1. The lowest BCUT2D eigenvalue weighted by atomic mass is 9.79. The molecule has 1 saturated heterocycles. The molecule has 1 aromatic carbocycles. The highest BCUT2D eigenvalue weighted by molar-refractivity contribution is 5.98. The maximum absolute atomic E-state index is 12.8. The quantitative estimate of drug-likeness (QED) is 0.770. The van der Waals surface area contributed by atoms with Crippen LogP contribution in [0.2, 0.25) is 0 Å². The lowest BCUT2D eigenvalue weighted by molar-refractivity contribution is -0.117. The van der Waals surface area contributed by atoms with Crippen LogP contribution in [0.15, 0.2) is 36.7 Å². The predicted molar refractivity (Wildman–Crippen MR) is 116 cm³/mol. The summed E-state index contributed by atoms with van der Waals surface area (Å²) in [7, 11) is 0. The van der Waals surface area contributed by atoms with Gasteiger partial charge < -0.3 is 20.3 Å². The second-order valence-corrected chi connectivity index (χ2v) is 8.75. The molecule has 0 radical (unpaired) electrons. The molecule has 31 heavy (non-hydrogen) atoms. The molecule has 8 nitrogen and oxygen atoms in total. The van der Waals surface area contributed by atoms with Crippen LogP contribution < -0.4 is 15.5 Å². The molecule has 0 unspecified atom stereocenters. The molecular weight excluding hydrogens is 394 g/mol. The van der Waals surface area contributed by atoms with Crippen molar-refractivity contribution in [1.29, 1.82) is 0 Å². The Morgan fingerprint density at radius 3 is 2.52 bits per heavy atom. The Hall–Kier alpha value is -3.00. The standard InChI is InChI=1S/C23H27N5O3/c1-13-20(27-23-24-8-3-9-25-23)18-10-16(22(30)26-17-11-31-12-17)6-7-19(18)28(14(2)29)21(13)15-4-5-15/h3,6-10,13,15,17,20-21H,4-5,11-12H2,1-2H3,(H,26,30)(H,24,25,27)/t13-,20-,21-/m1/s1. The Morgan fingerprint density at radius 1 is 1.16 bits per heavy atom. The zero-order valence-corrected chi connectivity index (χ0v) is 17.7. The van der Waals surface area contributed by atoms with Gasteiger partial charge in [-0.15, -0.1) is 0 Å². The summed E-state index contributed by atoms with van der Waals surface area (Å²) >= 11 is 0. The summed E-state index contributed by atoms with van der Waals surface area (Å²) in [6, 6.07) is 7.45. The van der Waals surface area contributed by atoms with Gasteiger partial charge in [0, 0.05) is 42.5 Å². The van der Waals surface area contributed by atoms with Crippen molar-refractivity contribution in [3.63, 3.8) is 0 Å². The second kappa shape index (κ2) is 7.92. The number of hydrogen-bond donors (Lipinski definition) is 2. The molecule has 1 aliphatic carbocycles. The topological polar surface area (TPSA) is 96.5 Å².